The van der Waals surface area contributed by atoms with E-state index < -0.39 is 0 Å². The van der Waals surface area contributed by atoms with Gasteiger partial charge in [-0.25, -0.2) is 0 Å². The second kappa shape index (κ2) is 6.38. The molecule has 0 heterocycles. The van der Waals surface area contributed by atoms with Gasteiger partial charge in [-0.15, -0.1) is 0 Å². The quantitative estimate of drug-likeness (QED) is 0.609. The lowest BCUT2D eigenvalue weighted by atomic mass is 10.2. The Bertz CT molecular complexity index is 148. The highest BCUT2D eigenvalue weighted by Crippen LogP contribution is 2.19. The van der Waals surface area contributed by atoms with Gasteiger partial charge in [0.1, 0.15) is 0 Å². The Labute approximate surface area is 87.5 Å². The number of aliphatic hydroxyl groups excluding tert-OH is 1. The van der Waals surface area contributed by atoms with Gasteiger partial charge in [0.25, 0.3) is 0 Å². The maximum atomic E-state index is 9.16. The number of rotatable bonds is 8. The minimum atomic E-state index is 0.274. The summed E-state index contributed by atoms with van der Waals surface area (Å²) < 4.78 is 0. The molecule has 1 unspecified atom stereocenters. The van der Waals surface area contributed by atoms with Gasteiger partial charge in [-0.2, -0.15) is 0 Å². The van der Waals surface area contributed by atoms with Gasteiger partial charge >= 0.3 is 0 Å². The van der Waals surface area contributed by atoms with Crippen LogP contribution in [0, 0.1) is 0 Å². The molecule has 1 aliphatic rings. The topological polar surface area (TPSA) is 35.5 Å². The summed E-state index contributed by atoms with van der Waals surface area (Å²) in [5.74, 6) is 0. The molecular formula is C11H24N2O. The van der Waals surface area contributed by atoms with E-state index in [0.717, 1.165) is 19.5 Å². The molecule has 0 aromatic rings. The maximum Gasteiger partial charge on any atom is 0.0585 e. The Morgan fingerprint density at radius 2 is 2.14 bits per heavy atom. The van der Waals surface area contributed by atoms with Gasteiger partial charge in [-0.1, -0.05) is 6.92 Å². The van der Waals surface area contributed by atoms with Gasteiger partial charge < -0.3 is 15.3 Å². The lowest BCUT2D eigenvalue weighted by Gasteiger charge is -2.20. The van der Waals surface area contributed by atoms with Crippen molar-refractivity contribution in [1.29, 1.82) is 0 Å². The molecule has 2 N–H and O–H groups in total. The second-order valence-electron chi connectivity index (χ2n) is 4.41. The van der Waals surface area contributed by atoms with E-state index in [2.05, 4.69) is 24.2 Å². The lowest BCUT2D eigenvalue weighted by Crippen LogP contribution is -2.37. The van der Waals surface area contributed by atoms with Gasteiger partial charge in [0.05, 0.1) is 6.61 Å². The van der Waals surface area contributed by atoms with Crippen molar-refractivity contribution in [3.8, 4) is 0 Å². The fourth-order valence-corrected chi connectivity index (χ4v) is 1.68. The molecule has 0 aromatic carbocycles. The standard InChI is InChI=1S/C11H24N2O/c1-3-7-13(2)8-6-11(9-14)12-10-4-5-10/h10-12,14H,3-9H2,1-2H3. The minimum absolute atomic E-state index is 0.274. The van der Waals surface area contributed by atoms with Gasteiger partial charge in [0.2, 0.25) is 0 Å². The monoisotopic (exact) mass is 200 g/mol. The summed E-state index contributed by atoms with van der Waals surface area (Å²) in [6.07, 6.45) is 4.85. The predicted molar refractivity (Wildman–Crippen MR) is 59.4 cm³/mol. The number of nitrogens with one attached hydrogen (secondary N) is 1. The van der Waals surface area contributed by atoms with Gasteiger partial charge in [0, 0.05) is 12.1 Å². The number of aliphatic hydroxyl groups is 1. The van der Waals surface area contributed by atoms with Gasteiger partial charge in [-0.3, -0.25) is 0 Å². The van der Waals surface area contributed by atoms with Gasteiger partial charge in [-0.05, 0) is 45.8 Å². The molecule has 84 valence electrons. The summed E-state index contributed by atoms with van der Waals surface area (Å²) in [7, 11) is 2.15. The molecule has 0 spiro atoms. The Kier molecular flexibility index (Phi) is 5.45. The zero-order valence-electron chi connectivity index (χ0n) is 9.50. The summed E-state index contributed by atoms with van der Waals surface area (Å²) in [5, 5.41) is 12.6. The van der Waals surface area contributed by atoms with Crippen LogP contribution >= 0.6 is 0 Å². The van der Waals surface area contributed by atoms with E-state index >= 15 is 0 Å². The van der Waals surface area contributed by atoms with Crippen molar-refractivity contribution in [3.05, 3.63) is 0 Å². The van der Waals surface area contributed by atoms with Crippen LogP contribution < -0.4 is 5.32 Å². The molecule has 0 aromatic heterocycles. The average molecular weight is 200 g/mol. The molecule has 1 saturated carbocycles. The summed E-state index contributed by atoms with van der Waals surface area (Å²) in [6.45, 7) is 4.71. The molecule has 0 radical (unpaired) electrons. The first-order chi connectivity index (χ1) is 6.76. The second-order valence-corrected chi connectivity index (χ2v) is 4.41. The number of hydrogen-bond acceptors (Lipinski definition) is 3. The summed E-state index contributed by atoms with van der Waals surface area (Å²) in [4.78, 5) is 2.33. The molecule has 14 heavy (non-hydrogen) atoms. The van der Waals surface area contributed by atoms with Crippen LogP contribution in [0.2, 0.25) is 0 Å². The first-order valence-corrected chi connectivity index (χ1v) is 5.81. The van der Waals surface area contributed by atoms with E-state index in [4.69, 9.17) is 5.11 Å². The molecule has 0 amide bonds. The third kappa shape index (κ3) is 4.94. The summed E-state index contributed by atoms with van der Waals surface area (Å²) in [5.41, 5.74) is 0. The SMILES string of the molecule is CCCN(C)CCC(CO)NC1CC1. The van der Waals surface area contributed by atoms with Crippen molar-refractivity contribution in [2.45, 2.75) is 44.7 Å². The van der Waals surface area contributed by atoms with Crippen molar-refractivity contribution in [3.63, 3.8) is 0 Å². The fourth-order valence-electron chi connectivity index (χ4n) is 1.68. The zero-order chi connectivity index (χ0) is 10.4. The summed E-state index contributed by atoms with van der Waals surface area (Å²) >= 11 is 0. The molecule has 0 saturated heterocycles. The van der Waals surface area contributed by atoms with Crippen molar-refractivity contribution < 1.29 is 5.11 Å². The fraction of sp³-hybridized carbons (Fsp3) is 1.00. The predicted octanol–water partition coefficient (Wildman–Crippen LogP) is 0.831. The molecule has 3 heteroatoms. The van der Waals surface area contributed by atoms with Crippen LogP contribution in [0.5, 0.6) is 0 Å². The molecule has 0 bridgehead atoms. The van der Waals surface area contributed by atoms with Crippen LogP contribution in [0.1, 0.15) is 32.6 Å². The van der Waals surface area contributed by atoms with E-state index in [9.17, 15) is 0 Å². The molecule has 1 fully saturated rings. The first kappa shape index (κ1) is 12.0. The van der Waals surface area contributed by atoms with Crippen molar-refractivity contribution in [2.24, 2.45) is 0 Å². The van der Waals surface area contributed by atoms with E-state index in [-0.39, 0.29) is 6.61 Å². The first-order valence-electron chi connectivity index (χ1n) is 5.81. The van der Waals surface area contributed by atoms with Gasteiger partial charge in [0.15, 0.2) is 0 Å². The highest BCUT2D eigenvalue weighted by atomic mass is 16.3. The van der Waals surface area contributed by atoms with Crippen LogP contribution in [-0.4, -0.2) is 48.8 Å². The molecule has 1 atom stereocenters. The maximum absolute atomic E-state index is 9.16. The van der Waals surface area contributed by atoms with Crippen molar-refractivity contribution >= 4 is 0 Å². The van der Waals surface area contributed by atoms with Crippen LogP contribution in [0.4, 0.5) is 0 Å². The molecular weight excluding hydrogens is 176 g/mol. The lowest BCUT2D eigenvalue weighted by molar-refractivity contribution is 0.216. The van der Waals surface area contributed by atoms with Crippen molar-refractivity contribution in [1.82, 2.24) is 10.2 Å². The largest absolute Gasteiger partial charge is 0.395 e. The minimum Gasteiger partial charge on any atom is -0.395 e. The summed E-state index contributed by atoms with van der Waals surface area (Å²) in [6, 6.07) is 1.01. The Morgan fingerprint density at radius 1 is 1.43 bits per heavy atom. The Hall–Kier alpha value is -0.120. The number of hydrogen-bond donors (Lipinski definition) is 2. The van der Waals surface area contributed by atoms with Crippen LogP contribution in [0.25, 0.3) is 0 Å². The molecule has 1 rings (SSSR count). The molecule has 0 aliphatic heterocycles. The van der Waals surface area contributed by atoms with Crippen LogP contribution in [-0.2, 0) is 0 Å². The Balaban J connectivity index is 2.06. The van der Waals surface area contributed by atoms with E-state index in [1.165, 1.54) is 19.3 Å². The van der Waals surface area contributed by atoms with E-state index in [1.54, 1.807) is 0 Å². The van der Waals surface area contributed by atoms with Crippen molar-refractivity contribution in [2.75, 3.05) is 26.7 Å². The molecule has 3 nitrogen and oxygen atoms in total. The highest BCUT2D eigenvalue weighted by Gasteiger charge is 2.23. The normalized spacial score (nSPS) is 18.9. The number of nitrogens with zero attached hydrogens (tertiary/aromatic N) is 1. The van der Waals surface area contributed by atoms with E-state index in [1.807, 2.05) is 0 Å². The smallest absolute Gasteiger partial charge is 0.0585 e. The third-order valence-corrected chi connectivity index (χ3v) is 2.73. The van der Waals surface area contributed by atoms with Crippen LogP contribution in [0.15, 0.2) is 0 Å². The molecule has 1 aliphatic carbocycles. The van der Waals surface area contributed by atoms with Crippen LogP contribution in [0.3, 0.4) is 0 Å². The third-order valence-electron chi connectivity index (χ3n) is 2.73. The highest BCUT2D eigenvalue weighted by molar-refractivity contribution is 4.84. The van der Waals surface area contributed by atoms with E-state index in [0.29, 0.717) is 12.1 Å². The Morgan fingerprint density at radius 3 is 2.64 bits per heavy atom. The zero-order valence-corrected chi connectivity index (χ0v) is 9.50. The average Bonchev–Trinajstić information content (AvgIpc) is 2.96.